The standard InChI is InChI=1S/C26H26N2O4/c1-4-26(2,3)20-8-14-23(15-9-20)32-24-16-10-21(11-17-24)27-25(29)18-7-19-5-12-22(13-6-19)28(30)31/h5-18H,4H2,1-3H3,(H,27,29)/b18-7+. The van der Waals surface area contributed by atoms with Crippen LogP contribution >= 0.6 is 0 Å². The molecule has 0 aromatic heterocycles. The smallest absolute Gasteiger partial charge is 0.269 e. The van der Waals surface area contributed by atoms with Gasteiger partial charge in [-0.05, 0) is 77.6 Å². The normalized spacial score (nSPS) is 11.3. The highest BCUT2D eigenvalue weighted by molar-refractivity contribution is 6.01. The third kappa shape index (κ3) is 6.04. The zero-order valence-electron chi connectivity index (χ0n) is 18.4. The Morgan fingerprint density at radius 3 is 2.06 bits per heavy atom. The van der Waals surface area contributed by atoms with Crippen molar-refractivity contribution >= 4 is 23.4 Å². The summed E-state index contributed by atoms with van der Waals surface area (Å²) in [5.74, 6) is 1.13. The molecule has 6 heteroatoms. The molecule has 0 bridgehead atoms. The third-order valence-electron chi connectivity index (χ3n) is 5.41. The van der Waals surface area contributed by atoms with Gasteiger partial charge in [-0.25, -0.2) is 0 Å². The van der Waals surface area contributed by atoms with Crippen LogP contribution in [0.25, 0.3) is 6.08 Å². The number of carbonyl (C=O) groups is 1. The van der Waals surface area contributed by atoms with E-state index in [0.29, 0.717) is 17.0 Å². The molecule has 3 aromatic carbocycles. The largest absolute Gasteiger partial charge is 0.457 e. The van der Waals surface area contributed by atoms with Gasteiger partial charge in [0.25, 0.3) is 5.69 Å². The molecule has 0 atom stereocenters. The molecule has 3 aromatic rings. The number of nitrogens with zero attached hydrogens (tertiary/aromatic N) is 1. The first-order valence-corrected chi connectivity index (χ1v) is 10.4. The third-order valence-corrected chi connectivity index (χ3v) is 5.41. The van der Waals surface area contributed by atoms with Crippen LogP contribution in [0.3, 0.4) is 0 Å². The summed E-state index contributed by atoms with van der Waals surface area (Å²) >= 11 is 0. The molecule has 0 heterocycles. The van der Waals surface area contributed by atoms with E-state index in [0.717, 1.165) is 12.2 Å². The minimum absolute atomic E-state index is 0.00894. The highest BCUT2D eigenvalue weighted by Crippen LogP contribution is 2.30. The van der Waals surface area contributed by atoms with Gasteiger partial charge in [0.15, 0.2) is 0 Å². The Labute approximate surface area is 187 Å². The summed E-state index contributed by atoms with van der Waals surface area (Å²) < 4.78 is 5.90. The maximum Gasteiger partial charge on any atom is 0.269 e. The SMILES string of the molecule is CCC(C)(C)c1ccc(Oc2ccc(NC(=O)/C=C/c3ccc([N+](=O)[O-])cc3)cc2)cc1. The van der Waals surface area contributed by atoms with Crippen LogP contribution in [0.4, 0.5) is 11.4 Å². The number of ether oxygens (including phenoxy) is 1. The van der Waals surface area contributed by atoms with E-state index in [2.05, 4.69) is 38.2 Å². The van der Waals surface area contributed by atoms with Gasteiger partial charge in [0.1, 0.15) is 11.5 Å². The molecule has 164 valence electrons. The fraction of sp³-hybridized carbons (Fsp3) is 0.192. The van der Waals surface area contributed by atoms with E-state index in [-0.39, 0.29) is 17.0 Å². The molecule has 0 saturated carbocycles. The van der Waals surface area contributed by atoms with Gasteiger partial charge in [-0.15, -0.1) is 0 Å². The minimum Gasteiger partial charge on any atom is -0.457 e. The molecule has 32 heavy (non-hydrogen) atoms. The Morgan fingerprint density at radius 1 is 0.969 bits per heavy atom. The van der Waals surface area contributed by atoms with Gasteiger partial charge in [-0.1, -0.05) is 32.9 Å². The Bertz CT molecular complexity index is 1100. The fourth-order valence-electron chi connectivity index (χ4n) is 2.98. The lowest BCUT2D eigenvalue weighted by atomic mass is 9.82. The summed E-state index contributed by atoms with van der Waals surface area (Å²) in [6.07, 6.45) is 4.04. The van der Waals surface area contributed by atoms with E-state index in [1.165, 1.54) is 23.8 Å². The molecule has 0 aliphatic rings. The van der Waals surface area contributed by atoms with E-state index < -0.39 is 4.92 Å². The molecule has 0 fully saturated rings. The number of hydrogen-bond donors (Lipinski definition) is 1. The Morgan fingerprint density at radius 2 is 1.53 bits per heavy atom. The number of carbonyl (C=O) groups excluding carboxylic acids is 1. The zero-order valence-corrected chi connectivity index (χ0v) is 18.4. The van der Waals surface area contributed by atoms with Gasteiger partial charge in [0.05, 0.1) is 4.92 Å². The number of anilines is 1. The second kappa shape index (κ2) is 9.92. The monoisotopic (exact) mass is 430 g/mol. The minimum atomic E-state index is -0.463. The maximum atomic E-state index is 12.1. The van der Waals surface area contributed by atoms with Gasteiger partial charge in [-0.2, -0.15) is 0 Å². The number of nitrogens with one attached hydrogen (secondary N) is 1. The molecule has 0 unspecified atom stereocenters. The lowest BCUT2D eigenvalue weighted by molar-refractivity contribution is -0.384. The van der Waals surface area contributed by atoms with Gasteiger partial charge in [-0.3, -0.25) is 14.9 Å². The molecular weight excluding hydrogens is 404 g/mol. The predicted octanol–water partition coefficient (Wildman–Crippen LogP) is 6.73. The summed E-state index contributed by atoms with van der Waals surface area (Å²) in [6, 6.07) is 21.2. The van der Waals surface area contributed by atoms with E-state index in [1.54, 1.807) is 42.5 Å². The first-order chi connectivity index (χ1) is 15.3. The molecule has 0 radical (unpaired) electrons. The van der Waals surface area contributed by atoms with Gasteiger partial charge in [0, 0.05) is 23.9 Å². The van der Waals surface area contributed by atoms with Crippen LogP contribution in [0.2, 0.25) is 0 Å². The molecular formula is C26H26N2O4. The second-order valence-electron chi connectivity index (χ2n) is 8.06. The highest BCUT2D eigenvalue weighted by atomic mass is 16.6. The number of non-ortho nitro benzene ring substituents is 1. The van der Waals surface area contributed by atoms with Crippen molar-refractivity contribution in [3.8, 4) is 11.5 Å². The fourth-order valence-corrected chi connectivity index (χ4v) is 2.98. The number of benzene rings is 3. The van der Waals surface area contributed by atoms with Crippen LogP contribution in [0.5, 0.6) is 11.5 Å². The van der Waals surface area contributed by atoms with E-state index >= 15 is 0 Å². The lowest BCUT2D eigenvalue weighted by Crippen LogP contribution is -2.14. The number of hydrogen-bond acceptors (Lipinski definition) is 4. The molecule has 1 amide bonds. The molecule has 3 rings (SSSR count). The number of rotatable bonds is 8. The van der Waals surface area contributed by atoms with Crippen molar-refractivity contribution in [1.29, 1.82) is 0 Å². The first-order valence-electron chi connectivity index (χ1n) is 10.4. The number of amides is 1. The topological polar surface area (TPSA) is 81.5 Å². The van der Waals surface area contributed by atoms with Crippen LogP contribution < -0.4 is 10.1 Å². The van der Waals surface area contributed by atoms with Crippen LogP contribution in [0.1, 0.15) is 38.3 Å². The van der Waals surface area contributed by atoms with Crippen molar-refractivity contribution in [2.75, 3.05) is 5.32 Å². The van der Waals surface area contributed by atoms with Crippen LogP contribution in [0, 0.1) is 10.1 Å². The van der Waals surface area contributed by atoms with E-state index in [4.69, 9.17) is 4.74 Å². The predicted molar refractivity (Wildman–Crippen MR) is 127 cm³/mol. The average molecular weight is 431 g/mol. The summed E-state index contributed by atoms with van der Waals surface area (Å²) in [4.78, 5) is 22.4. The van der Waals surface area contributed by atoms with Crippen molar-refractivity contribution in [3.05, 3.63) is 100 Å². The Hall–Kier alpha value is -3.93. The highest BCUT2D eigenvalue weighted by Gasteiger charge is 2.17. The van der Waals surface area contributed by atoms with Crippen molar-refractivity contribution in [3.63, 3.8) is 0 Å². The van der Waals surface area contributed by atoms with Gasteiger partial charge in [0.2, 0.25) is 5.91 Å². The lowest BCUT2D eigenvalue weighted by Gasteiger charge is -2.23. The zero-order chi connectivity index (χ0) is 23.1. The molecule has 6 nitrogen and oxygen atoms in total. The van der Waals surface area contributed by atoms with Crippen molar-refractivity contribution in [2.24, 2.45) is 0 Å². The number of nitro benzene ring substituents is 1. The van der Waals surface area contributed by atoms with Crippen LogP contribution in [-0.2, 0) is 10.2 Å². The van der Waals surface area contributed by atoms with Crippen LogP contribution in [-0.4, -0.2) is 10.8 Å². The summed E-state index contributed by atoms with van der Waals surface area (Å²) in [5.41, 5.74) is 2.74. The molecule has 1 N–H and O–H groups in total. The Kier molecular flexibility index (Phi) is 7.05. The molecule has 0 spiro atoms. The summed E-state index contributed by atoms with van der Waals surface area (Å²) in [5, 5.41) is 13.5. The van der Waals surface area contributed by atoms with Crippen molar-refractivity contribution < 1.29 is 14.5 Å². The summed E-state index contributed by atoms with van der Waals surface area (Å²) in [6.45, 7) is 6.62. The number of nitro groups is 1. The molecule has 0 aliphatic carbocycles. The summed E-state index contributed by atoms with van der Waals surface area (Å²) in [7, 11) is 0. The van der Waals surface area contributed by atoms with Crippen molar-refractivity contribution in [2.45, 2.75) is 32.6 Å². The molecule has 0 aliphatic heterocycles. The van der Waals surface area contributed by atoms with Gasteiger partial charge < -0.3 is 10.1 Å². The quantitative estimate of drug-likeness (QED) is 0.244. The second-order valence-corrected chi connectivity index (χ2v) is 8.06. The maximum absolute atomic E-state index is 12.1. The average Bonchev–Trinajstić information content (AvgIpc) is 2.79. The van der Waals surface area contributed by atoms with Gasteiger partial charge >= 0.3 is 0 Å². The first kappa shape index (κ1) is 22.7. The molecule has 0 saturated heterocycles. The Balaban J connectivity index is 1.56. The van der Waals surface area contributed by atoms with E-state index in [1.807, 2.05) is 12.1 Å². The van der Waals surface area contributed by atoms with Crippen LogP contribution in [0.15, 0.2) is 78.9 Å². The van der Waals surface area contributed by atoms with Crippen molar-refractivity contribution in [1.82, 2.24) is 0 Å². The van der Waals surface area contributed by atoms with E-state index in [9.17, 15) is 14.9 Å².